The highest BCUT2D eigenvalue weighted by Crippen LogP contribution is 2.21. The zero-order valence-electron chi connectivity index (χ0n) is 13.4. The Kier molecular flexibility index (Phi) is 5.20. The topological polar surface area (TPSA) is 80.5 Å². The molecule has 1 amide bonds. The lowest BCUT2D eigenvalue weighted by Crippen LogP contribution is -2.42. The summed E-state index contributed by atoms with van der Waals surface area (Å²) in [5, 5.41) is 3.82. The Balaban J connectivity index is 2.20. The smallest absolute Gasteiger partial charge is 0.276 e. The van der Waals surface area contributed by atoms with E-state index in [1.54, 1.807) is 19.9 Å². The van der Waals surface area contributed by atoms with Crippen LogP contribution in [0.15, 0.2) is 40.9 Å². The van der Waals surface area contributed by atoms with Crippen LogP contribution in [-0.4, -0.2) is 49.0 Å². The molecule has 1 aromatic heterocycles. The van der Waals surface area contributed by atoms with E-state index < -0.39 is 15.9 Å². The van der Waals surface area contributed by atoms with Gasteiger partial charge in [-0.15, -0.1) is 0 Å². The molecule has 6 nitrogen and oxygen atoms in total. The van der Waals surface area contributed by atoms with Crippen molar-refractivity contribution in [3.8, 4) is 11.3 Å². The molecule has 2 rings (SSSR count). The van der Waals surface area contributed by atoms with E-state index in [9.17, 15) is 13.2 Å². The molecule has 0 aliphatic heterocycles. The first-order chi connectivity index (χ1) is 10.8. The minimum atomic E-state index is -3.17. The Hall–Kier alpha value is -2.15. The molecule has 0 saturated carbocycles. The van der Waals surface area contributed by atoms with E-state index >= 15 is 0 Å². The molecule has 0 radical (unpaired) electrons. The lowest BCUT2D eigenvalue weighted by molar-refractivity contribution is 0.0708. The van der Waals surface area contributed by atoms with E-state index in [0.717, 1.165) is 11.8 Å². The highest BCUT2D eigenvalue weighted by Gasteiger charge is 2.25. The first kappa shape index (κ1) is 17.2. The van der Waals surface area contributed by atoms with Gasteiger partial charge >= 0.3 is 0 Å². The van der Waals surface area contributed by atoms with Crippen molar-refractivity contribution in [2.75, 3.05) is 18.6 Å². The molecule has 23 heavy (non-hydrogen) atoms. The van der Waals surface area contributed by atoms with E-state index in [4.69, 9.17) is 4.52 Å². The molecule has 1 heterocycles. The van der Waals surface area contributed by atoms with E-state index in [0.29, 0.717) is 12.3 Å². The first-order valence-electron chi connectivity index (χ1n) is 7.32. The molecular formula is C16H20N2O4S. The summed E-state index contributed by atoms with van der Waals surface area (Å²) in [5.74, 6) is 0.0750. The maximum absolute atomic E-state index is 12.6. The number of rotatable bonds is 6. The third kappa shape index (κ3) is 4.41. The molecule has 0 N–H and O–H groups in total. The quantitative estimate of drug-likeness (QED) is 0.808. The highest BCUT2D eigenvalue weighted by molar-refractivity contribution is 7.90. The molecule has 0 unspecified atom stereocenters. The van der Waals surface area contributed by atoms with Crippen LogP contribution in [0.3, 0.4) is 0 Å². The predicted octanol–water partition coefficient (Wildman–Crippen LogP) is 2.24. The van der Waals surface area contributed by atoms with Gasteiger partial charge in [0, 0.05) is 30.5 Å². The van der Waals surface area contributed by atoms with Crippen molar-refractivity contribution in [2.45, 2.75) is 19.9 Å². The summed E-state index contributed by atoms with van der Waals surface area (Å²) in [6, 6.07) is 10.5. The lowest BCUT2D eigenvalue weighted by atomic mass is 10.1. The Bertz CT molecular complexity index is 768. The zero-order chi connectivity index (χ0) is 17.0. The van der Waals surface area contributed by atoms with Crippen LogP contribution in [0.4, 0.5) is 0 Å². The fourth-order valence-corrected chi connectivity index (χ4v) is 3.50. The van der Waals surface area contributed by atoms with Crippen molar-refractivity contribution >= 4 is 15.7 Å². The highest BCUT2D eigenvalue weighted by atomic mass is 32.2. The lowest BCUT2D eigenvalue weighted by Gasteiger charge is -2.26. The predicted molar refractivity (Wildman–Crippen MR) is 87.8 cm³/mol. The van der Waals surface area contributed by atoms with E-state index in [2.05, 4.69) is 5.16 Å². The largest absolute Gasteiger partial charge is 0.355 e. The Morgan fingerprint density at radius 2 is 1.96 bits per heavy atom. The van der Waals surface area contributed by atoms with Crippen molar-refractivity contribution in [3.05, 3.63) is 42.1 Å². The van der Waals surface area contributed by atoms with Gasteiger partial charge in [-0.3, -0.25) is 4.79 Å². The fourth-order valence-electron chi connectivity index (χ4n) is 2.45. The summed E-state index contributed by atoms with van der Waals surface area (Å²) in [7, 11) is -3.17. The van der Waals surface area contributed by atoms with E-state index in [-0.39, 0.29) is 17.4 Å². The van der Waals surface area contributed by atoms with Gasteiger partial charge in [-0.05, 0) is 13.8 Å². The van der Waals surface area contributed by atoms with Gasteiger partial charge in [-0.1, -0.05) is 35.5 Å². The first-order valence-corrected chi connectivity index (χ1v) is 9.38. The molecule has 0 saturated heterocycles. The molecule has 2 aromatic rings. The molecule has 7 heteroatoms. The number of hydrogen-bond acceptors (Lipinski definition) is 5. The van der Waals surface area contributed by atoms with Crippen molar-refractivity contribution in [1.29, 1.82) is 0 Å². The number of aromatic nitrogens is 1. The van der Waals surface area contributed by atoms with Crippen LogP contribution in [0.25, 0.3) is 11.3 Å². The Morgan fingerprint density at radius 3 is 2.52 bits per heavy atom. The number of benzene rings is 1. The fraction of sp³-hybridized carbons (Fsp3) is 0.375. The SMILES string of the molecule is CCN(C(=O)c1cc(-c2ccccc2)on1)[C@H](C)CS(C)(=O)=O. The number of nitrogens with zero attached hydrogens (tertiary/aromatic N) is 2. The van der Waals surface area contributed by atoms with Gasteiger partial charge in [-0.25, -0.2) is 8.42 Å². The summed E-state index contributed by atoms with van der Waals surface area (Å²) in [5.41, 5.74) is 0.998. The van der Waals surface area contributed by atoms with Crippen molar-refractivity contribution in [2.24, 2.45) is 0 Å². The molecule has 0 fully saturated rings. The van der Waals surface area contributed by atoms with Crippen LogP contribution in [0, 0.1) is 0 Å². The Labute approximate surface area is 136 Å². The van der Waals surface area contributed by atoms with Crippen LogP contribution in [-0.2, 0) is 9.84 Å². The second kappa shape index (κ2) is 6.95. The zero-order valence-corrected chi connectivity index (χ0v) is 14.2. The number of amides is 1. The number of sulfone groups is 1. The number of carbonyl (C=O) groups excluding carboxylic acids is 1. The maximum Gasteiger partial charge on any atom is 0.276 e. The van der Waals surface area contributed by atoms with Gasteiger partial charge in [0.25, 0.3) is 5.91 Å². The van der Waals surface area contributed by atoms with Crippen LogP contribution in [0.2, 0.25) is 0 Å². The molecule has 0 aliphatic rings. The third-order valence-corrected chi connectivity index (χ3v) is 4.55. The van der Waals surface area contributed by atoms with Gasteiger partial charge < -0.3 is 9.42 Å². The molecule has 0 spiro atoms. The second-order valence-electron chi connectivity index (χ2n) is 5.48. The average molecular weight is 336 g/mol. The monoisotopic (exact) mass is 336 g/mol. The van der Waals surface area contributed by atoms with Crippen LogP contribution in [0.1, 0.15) is 24.3 Å². The van der Waals surface area contributed by atoms with E-state index in [1.807, 2.05) is 30.3 Å². The normalized spacial score (nSPS) is 12.8. The Morgan fingerprint density at radius 1 is 1.30 bits per heavy atom. The minimum Gasteiger partial charge on any atom is -0.355 e. The van der Waals surface area contributed by atoms with Gasteiger partial charge in [-0.2, -0.15) is 0 Å². The van der Waals surface area contributed by atoms with Crippen LogP contribution in [0.5, 0.6) is 0 Å². The van der Waals surface area contributed by atoms with Gasteiger partial charge in [0.2, 0.25) is 0 Å². The van der Waals surface area contributed by atoms with Crippen molar-refractivity contribution in [3.63, 3.8) is 0 Å². The minimum absolute atomic E-state index is 0.0873. The molecule has 1 aromatic carbocycles. The van der Waals surface area contributed by atoms with E-state index in [1.165, 1.54) is 4.90 Å². The standard InChI is InChI=1S/C16H20N2O4S/c1-4-18(12(2)11-23(3,20)21)16(19)14-10-15(22-17-14)13-8-6-5-7-9-13/h5-10,12H,4,11H2,1-3H3/t12-/m1/s1. The molecular weight excluding hydrogens is 316 g/mol. The van der Waals surface area contributed by atoms with Crippen LogP contribution < -0.4 is 0 Å². The van der Waals surface area contributed by atoms with Crippen molar-refractivity contribution < 1.29 is 17.7 Å². The summed E-state index contributed by atoms with van der Waals surface area (Å²) >= 11 is 0. The second-order valence-corrected chi connectivity index (χ2v) is 7.66. The third-order valence-electron chi connectivity index (χ3n) is 3.47. The van der Waals surface area contributed by atoms with Crippen LogP contribution >= 0.6 is 0 Å². The van der Waals surface area contributed by atoms with Gasteiger partial charge in [0.05, 0.1) is 5.75 Å². The molecule has 0 bridgehead atoms. The summed E-state index contributed by atoms with van der Waals surface area (Å²) in [6.45, 7) is 3.90. The molecule has 0 aliphatic carbocycles. The van der Waals surface area contributed by atoms with Crippen molar-refractivity contribution in [1.82, 2.24) is 10.1 Å². The summed E-state index contributed by atoms with van der Waals surface area (Å²) in [6.07, 6.45) is 1.16. The van der Waals surface area contributed by atoms with Gasteiger partial charge in [0.1, 0.15) is 9.84 Å². The summed E-state index contributed by atoms with van der Waals surface area (Å²) < 4.78 is 28.1. The van der Waals surface area contributed by atoms with Gasteiger partial charge in [0.15, 0.2) is 11.5 Å². The molecule has 1 atom stereocenters. The maximum atomic E-state index is 12.6. The average Bonchev–Trinajstić information content (AvgIpc) is 2.96. The molecule has 124 valence electrons. The number of hydrogen-bond donors (Lipinski definition) is 0. The summed E-state index contributed by atoms with van der Waals surface area (Å²) in [4.78, 5) is 14.0. The number of carbonyl (C=O) groups is 1.